The van der Waals surface area contributed by atoms with E-state index in [4.69, 9.17) is 4.84 Å². The summed E-state index contributed by atoms with van der Waals surface area (Å²) < 4.78 is 0. The molecule has 0 saturated heterocycles. The topological polar surface area (TPSA) is 38.7 Å². The van der Waals surface area contributed by atoms with Crippen molar-refractivity contribution in [3.05, 3.63) is 0 Å². The van der Waals surface area contributed by atoms with E-state index in [1.54, 1.807) is 7.11 Å². The molecule has 0 aromatic rings. The molecule has 3 rings (SSSR count). The fourth-order valence-corrected chi connectivity index (χ4v) is 2.97. The Morgan fingerprint density at radius 3 is 2.71 bits per heavy atom. The van der Waals surface area contributed by atoms with Crippen molar-refractivity contribution in [1.82, 2.24) is 0 Å². The molecule has 3 nitrogen and oxygen atoms in total. The van der Waals surface area contributed by atoms with E-state index in [9.17, 15) is 4.79 Å². The zero-order valence-electron chi connectivity index (χ0n) is 8.99. The Bertz CT molecular complexity index is 283. The summed E-state index contributed by atoms with van der Waals surface area (Å²) in [6.07, 6.45) is 3.15. The zero-order chi connectivity index (χ0) is 10.3. The van der Waals surface area contributed by atoms with Gasteiger partial charge in [0.05, 0.1) is 11.6 Å². The second kappa shape index (κ2) is 3.07. The van der Waals surface area contributed by atoms with E-state index < -0.39 is 0 Å². The normalized spacial score (nSPS) is 41.6. The van der Waals surface area contributed by atoms with Crippen LogP contribution in [0.1, 0.15) is 26.7 Å². The number of carbonyl (C=O) groups is 1. The summed E-state index contributed by atoms with van der Waals surface area (Å²) in [5.41, 5.74) is 1.28. The van der Waals surface area contributed by atoms with Gasteiger partial charge in [0.1, 0.15) is 13.4 Å². The molecule has 78 valence electrons. The smallest absolute Gasteiger partial charge is 0.128 e. The van der Waals surface area contributed by atoms with Crippen LogP contribution in [0.5, 0.6) is 0 Å². The molecule has 0 spiro atoms. The van der Waals surface area contributed by atoms with Gasteiger partial charge in [0.15, 0.2) is 0 Å². The highest BCUT2D eigenvalue weighted by Gasteiger charge is 2.56. The van der Waals surface area contributed by atoms with Crippen LogP contribution in [0.15, 0.2) is 5.16 Å². The molecule has 0 aliphatic heterocycles. The first-order valence-corrected chi connectivity index (χ1v) is 5.17. The molecule has 0 heterocycles. The molecule has 3 fully saturated rings. The van der Waals surface area contributed by atoms with Gasteiger partial charge in [-0.15, -0.1) is 0 Å². The van der Waals surface area contributed by atoms with Crippen molar-refractivity contribution in [2.45, 2.75) is 26.7 Å². The zero-order valence-corrected chi connectivity index (χ0v) is 8.99. The maximum absolute atomic E-state index is 10.9. The van der Waals surface area contributed by atoms with Gasteiger partial charge in [-0.3, -0.25) is 0 Å². The number of oxime groups is 1. The first-order valence-electron chi connectivity index (χ1n) is 5.17. The maximum Gasteiger partial charge on any atom is 0.128 e. The maximum atomic E-state index is 10.9. The van der Waals surface area contributed by atoms with E-state index in [-0.39, 0.29) is 5.92 Å². The summed E-state index contributed by atoms with van der Waals surface area (Å²) in [6, 6.07) is 0. The molecule has 0 aromatic heterocycles. The molecule has 3 heteroatoms. The van der Waals surface area contributed by atoms with Crippen molar-refractivity contribution in [2.24, 2.45) is 28.3 Å². The second-order valence-corrected chi connectivity index (χ2v) is 4.98. The van der Waals surface area contributed by atoms with Gasteiger partial charge in [0, 0.05) is 5.92 Å². The third kappa shape index (κ3) is 1.11. The van der Waals surface area contributed by atoms with Gasteiger partial charge in [-0.25, -0.2) is 0 Å². The molecule has 2 bridgehead atoms. The van der Waals surface area contributed by atoms with Crippen LogP contribution < -0.4 is 0 Å². The molecule has 3 aliphatic rings. The van der Waals surface area contributed by atoms with E-state index in [0.29, 0.717) is 17.3 Å². The molecule has 3 aliphatic carbocycles. The Morgan fingerprint density at radius 2 is 2.21 bits per heavy atom. The number of rotatable bonds is 2. The Hall–Kier alpha value is -0.860. The minimum absolute atomic E-state index is 0.00623. The molecule has 3 unspecified atom stereocenters. The number of fused-ring (bicyclic) bond motifs is 2. The Labute approximate surface area is 84.5 Å². The van der Waals surface area contributed by atoms with Crippen molar-refractivity contribution >= 4 is 12.0 Å². The third-order valence-corrected chi connectivity index (χ3v) is 4.11. The largest absolute Gasteiger partial charge is 0.399 e. The van der Waals surface area contributed by atoms with Crippen LogP contribution in [0.4, 0.5) is 0 Å². The van der Waals surface area contributed by atoms with Crippen LogP contribution in [0, 0.1) is 23.2 Å². The molecule has 0 N–H and O–H groups in total. The number of carbonyl (C=O) groups excluding carboxylic acids is 1. The van der Waals surface area contributed by atoms with Crippen LogP contribution in [-0.2, 0) is 9.63 Å². The van der Waals surface area contributed by atoms with Crippen molar-refractivity contribution in [3.63, 3.8) is 0 Å². The summed E-state index contributed by atoms with van der Waals surface area (Å²) in [4.78, 5) is 15.7. The number of nitrogens with zero attached hydrogens (tertiary/aromatic N) is 1. The van der Waals surface area contributed by atoms with Crippen molar-refractivity contribution in [2.75, 3.05) is 7.11 Å². The van der Waals surface area contributed by atoms with Crippen molar-refractivity contribution in [3.8, 4) is 0 Å². The average molecular weight is 195 g/mol. The predicted molar refractivity (Wildman–Crippen MR) is 54.0 cm³/mol. The highest BCUT2D eigenvalue weighted by atomic mass is 16.6. The SMILES string of the molecule is CO/N=C1/C(C=O)CC2CC1C2(C)C. The minimum atomic E-state index is 0.00623. The van der Waals surface area contributed by atoms with Gasteiger partial charge in [-0.2, -0.15) is 0 Å². The van der Waals surface area contributed by atoms with Gasteiger partial charge < -0.3 is 9.63 Å². The first kappa shape index (κ1) is 9.69. The molecule has 0 aromatic carbocycles. The van der Waals surface area contributed by atoms with E-state index >= 15 is 0 Å². The number of hydrogen-bond acceptors (Lipinski definition) is 3. The Balaban J connectivity index is 2.26. The third-order valence-electron chi connectivity index (χ3n) is 4.11. The molecule has 0 radical (unpaired) electrons. The lowest BCUT2D eigenvalue weighted by Crippen LogP contribution is -2.56. The first-order chi connectivity index (χ1) is 6.61. The number of hydrogen-bond donors (Lipinski definition) is 0. The van der Waals surface area contributed by atoms with Gasteiger partial charge >= 0.3 is 0 Å². The van der Waals surface area contributed by atoms with Crippen LogP contribution in [0.3, 0.4) is 0 Å². The molecule has 3 saturated carbocycles. The molecule has 14 heavy (non-hydrogen) atoms. The van der Waals surface area contributed by atoms with Gasteiger partial charge in [-0.05, 0) is 24.2 Å². The van der Waals surface area contributed by atoms with Crippen LogP contribution >= 0.6 is 0 Å². The van der Waals surface area contributed by atoms with Gasteiger partial charge in [0.2, 0.25) is 0 Å². The fraction of sp³-hybridized carbons (Fsp3) is 0.818. The molecule has 0 amide bonds. The fourth-order valence-electron chi connectivity index (χ4n) is 2.97. The lowest BCUT2D eigenvalue weighted by Gasteiger charge is -2.58. The van der Waals surface area contributed by atoms with Gasteiger partial charge in [-0.1, -0.05) is 19.0 Å². The van der Waals surface area contributed by atoms with Crippen LogP contribution in [-0.4, -0.2) is 19.1 Å². The van der Waals surface area contributed by atoms with E-state index in [1.165, 1.54) is 6.42 Å². The monoisotopic (exact) mass is 195 g/mol. The highest BCUT2D eigenvalue weighted by Crippen LogP contribution is 2.59. The highest BCUT2D eigenvalue weighted by molar-refractivity contribution is 6.00. The van der Waals surface area contributed by atoms with E-state index in [0.717, 1.165) is 18.4 Å². The van der Waals surface area contributed by atoms with E-state index in [1.807, 2.05) is 0 Å². The van der Waals surface area contributed by atoms with E-state index in [2.05, 4.69) is 19.0 Å². The summed E-state index contributed by atoms with van der Waals surface area (Å²) in [6.45, 7) is 4.52. The van der Waals surface area contributed by atoms with Crippen LogP contribution in [0.25, 0.3) is 0 Å². The van der Waals surface area contributed by atoms with Crippen molar-refractivity contribution < 1.29 is 9.63 Å². The lowest BCUT2D eigenvalue weighted by atomic mass is 9.46. The quantitative estimate of drug-likeness (QED) is 0.498. The van der Waals surface area contributed by atoms with Crippen molar-refractivity contribution in [1.29, 1.82) is 0 Å². The average Bonchev–Trinajstić information content (AvgIpc) is 2.18. The lowest BCUT2D eigenvalue weighted by molar-refractivity contribution is -0.113. The number of aldehydes is 1. The minimum Gasteiger partial charge on any atom is -0.399 e. The summed E-state index contributed by atoms with van der Waals surface area (Å²) in [5.74, 6) is 1.15. The summed E-state index contributed by atoms with van der Waals surface area (Å²) >= 11 is 0. The van der Waals surface area contributed by atoms with Gasteiger partial charge in [0.25, 0.3) is 0 Å². The summed E-state index contributed by atoms with van der Waals surface area (Å²) in [5, 5.41) is 4.04. The molecule has 3 atom stereocenters. The summed E-state index contributed by atoms with van der Waals surface area (Å²) in [7, 11) is 1.55. The van der Waals surface area contributed by atoms with Crippen LogP contribution in [0.2, 0.25) is 0 Å². The Morgan fingerprint density at radius 1 is 1.50 bits per heavy atom. The molecular weight excluding hydrogens is 178 g/mol. The molecular formula is C11H17NO2. The second-order valence-electron chi connectivity index (χ2n) is 4.98. The predicted octanol–water partition coefficient (Wildman–Crippen LogP) is 1.87. The Kier molecular flexibility index (Phi) is 2.13. The standard InChI is InChI=1S/C11H17NO2/c1-11(2)8-4-7(6-13)10(12-14-3)9(11)5-8/h6-9H,4-5H2,1-3H3/b12-10-.